The maximum Gasteiger partial charge on any atom is 0.144 e. The highest BCUT2D eigenvalue weighted by molar-refractivity contribution is 9.11. The summed E-state index contributed by atoms with van der Waals surface area (Å²) in [5.74, 6) is 0.624. The van der Waals surface area contributed by atoms with Crippen LogP contribution in [-0.2, 0) is 0 Å². The largest absolute Gasteiger partial charge is 0.381 e. The van der Waals surface area contributed by atoms with Crippen LogP contribution in [0.3, 0.4) is 0 Å². The Labute approximate surface area is 149 Å². The number of anilines is 1. The minimum atomic E-state index is 0.530. The van der Waals surface area contributed by atoms with Gasteiger partial charge in [-0.1, -0.05) is 31.2 Å². The number of para-hydroxylation sites is 2. The third kappa shape index (κ3) is 3.55. The minimum Gasteiger partial charge on any atom is -0.381 e. The molecule has 2 aromatic carbocycles. The summed E-state index contributed by atoms with van der Waals surface area (Å²) in [4.78, 5) is 0. The van der Waals surface area contributed by atoms with Gasteiger partial charge in [0.05, 0.1) is 10.5 Å². The van der Waals surface area contributed by atoms with E-state index in [1.165, 1.54) is 28.7 Å². The monoisotopic (exact) mass is 423 g/mol. The van der Waals surface area contributed by atoms with E-state index in [1.54, 1.807) is 0 Å². The van der Waals surface area contributed by atoms with Gasteiger partial charge >= 0.3 is 0 Å². The van der Waals surface area contributed by atoms with Crippen LogP contribution in [0.25, 0.3) is 0 Å². The fourth-order valence-corrected chi connectivity index (χ4v) is 4.07. The normalized spacial score (nSPS) is 24.4. The zero-order valence-corrected chi connectivity index (χ0v) is 15.8. The number of quaternary nitrogens is 1. The fraction of sp³-hybridized carbons (Fsp3) is 0.333. The van der Waals surface area contributed by atoms with E-state index >= 15 is 0 Å². The first kappa shape index (κ1) is 16.0. The molecule has 22 heavy (non-hydrogen) atoms. The van der Waals surface area contributed by atoms with Gasteiger partial charge in [-0.2, -0.15) is 0 Å². The Hall–Kier alpha value is -0.840. The lowest BCUT2D eigenvalue weighted by Crippen LogP contribution is -2.85. The van der Waals surface area contributed by atoms with Crippen LogP contribution in [0.4, 0.5) is 11.4 Å². The topological polar surface area (TPSA) is 28.6 Å². The van der Waals surface area contributed by atoms with Crippen LogP contribution in [0, 0.1) is 5.92 Å². The Kier molecular flexibility index (Phi) is 5.21. The van der Waals surface area contributed by atoms with Crippen LogP contribution in [0.15, 0.2) is 57.5 Å². The number of halogens is 2. The SMILES string of the molecule is CC1C(Nc2ccccc2Br)CCC1[NH2+]c1ccccc1Br. The van der Waals surface area contributed by atoms with Crippen LogP contribution >= 0.6 is 31.9 Å². The molecule has 2 aromatic rings. The van der Waals surface area contributed by atoms with Crippen molar-refractivity contribution < 1.29 is 5.32 Å². The molecule has 3 N–H and O–H groups in total. The molecule has 4 heteroatoms. The zero-order valence-electron chi connectivity index (χ0n) is 12.6. The van der Waals surface area contributed by atoms with Crippen molar-refractivity contribution in [3.05, 3.63) is 57.5 Å². The van der Waals surface area contributed by atoms with Gasteiger partial charge in [0.1, 0.15) is 5.69 Å². The number of nitrogens with two attached hydrogens (primary N) is 1. The molecule has 0 aliphatic heterocycles. The van der Waals surface area contributed by atoms with E-state index in [2.05, 4.69) is 97.9 Å². The predicted octanol–water partition coefficient (Wildman–Crippen LogP) is 4.69. The molecule has 116 valence electrons. The van der Waals surface area contributed by atoms with Crippen LogP contribution in [-0.4, -0.2) is 12.1 Å². The first-order chi connectivity index (χ1) is 10.6. The lowest BCUT2D eigenvalue weighted by atomic mass is 10.0. The number of hydrogen-bond acceptors (Lipinski definition) is 1. The van der Waals surface area contributed by atoms with Crippen LogP contribution < -0.4 is 10.6 Å². The summed E-state index contributed by atoms with van der Waals surface area (Å²) in [7, 11) is 0. The summed E-state index contributed by atoms with van der Waals surface area (Å²) in [6, 6.07) is 18.0. The summed E-state index contributed by atoms with van der Waals surface area (Å²) in [5.41, 5.74) is 2.50. The fourth-order valence-electron chi connectivity index (χ4n) is 3.25. The molecule has 0 heterocycles. The third-order valence-corrected chi connectivity index (χ3v) is 6.05. The zero-order chi connectivity index (χ0) is 15.5. The molecular formula is C18H21Br2N2+. The molecule has 1 fully saturated rings. The van der Waals surface area contributed by atoms with E-state index in [1.807, 2.05) is 0 Å². The second kappa shape index (κ2) is 7.16. The van der Waals surface area contributed by atoms with Gasteiger partial charge in [-0.3, -0.25) is 0 Å². The molecule has 1 aliphatic rings. The van der Waals surface area contributed by atoms with Crippen LogP contribution in [0.5, 0.6) is 0 Å². The van der Waals surface area contributed by atoms with Crippen molar-refractivity contribution in [2.24, 2.45) is 5.92 Å². The lowest BCUT2D eigenvalue weighted by Gasteiger charge is -2.22. The minimum absolute atomic E-state index is 0.530. The standard InChI is InChI=1S/C18H20Br2N2/c1-12-15(21-17-8-4-2-6-13(17)19)10-11-16(12)22-18-9-5-3-7-14(18)20/h2-9,12,15-16,21-22H,10-11H2,1H3/p+1. The predicted molar refractivity (Wildman–Crippen MR) is 99.5 cm³/mol. The number of nitrogens with one attached hydrogen (secondary N) is 1. The van der Waals surface area contributed by atoms with Crippen LogP contribution in [0.1, 0.15) is 19.8 Å². The summed E-state index contributed by atoms with van der Waals surface area (Å²) >= 11 is 7.27. The molecule has 1 saturated carbocycles. The van der Waals surface area contributed by atoms with Gasteiger partial charge in [0.25, 0.3) is 0 Å². The lowest BCUT2D eigenvalue weighted by molar-refractivity contribution is -0.616. The quantitative estimate of drug-likeness (QED) is 0.685. The van der Waals surface area contributed by atoms with Crippen molar-refractivity contribution in [1.29, 1.82) is 0 Å². The van der Waals surface area contributed by atoms with Gasteiger partial charge in [-0.05, 0) is 56.5 Å². The highest BCUT2D eigenvalue weighted by Gasteiger charge is 2.36. The Bertz CT molecular complexity index is 589. The average Bonchev–Trinajstić information content (AvgIpc) is 2.85. The maximum atomic E-state index is 3.71. The molecule has 3 atom stereocenters. The van der Waals surface area contributed by atoms with Crippen molar-refractivity contribution in [1.82, 2.24) is 0 Å². The molecule has 0 radical (unpaired) electrons. The van der Waals surface area contributed by atoms with Crippen molar-refractivity contribution in [2.75, 3.05) is 5.32 Å². The molecule has 0 aromatic heterocycles. The first-order valence-corrected chi connectivity index (χ1v) is 9.34. The Morgan fingerprint density at radius 2 is 1.64 bits per heavy atom. The molecule has 0 amide bonds. The van der Waals surface area contributed by atoms with Crippen molar-refractivity contribution in [3.8, 4) is 0 Å². The molecule has 0 spiro atoms. The van der Waals surface area contributed by atoms with Gasteiger partial charge in [0, 0.05) is 34.6 Å². The Morgan fingerprint density at radius 1 is 0.955 bits per heavy atom. The number of rotatable bonds is 4. The van der Waals surface area contributed by atoms with Gasteiger partial charge in [-0.25, -0.2) is 0 Å². The van der Waals surface area contributed by atoms with Crippen molar-refractivity contribution in [3.63, 3.8) is 0 Å². The van der Waals surface area contributed by atoms with E-state index in [4.69, 9.17) is 0 Å². The second-order valence-electron chi connectivity index (χ2n) is 6.02. The molecule has 3 unspecified atom stereocenters. The molecule has 3 rings (SSSR count). The van der Waals surface area contributed by atoms with E-state index in [0.29, 0.717) is 18.0 Å². The van der Waals surface area contributed by atoms with Gasteiger partial charge in [0.15, 0.2) is 0 Å². The number of hydrogen-bond donors (Lipinski definition) is 2. The molecular weight excluding hydrogens is 404 g/mol. The number of benzene rings is 2. The molecule has 0 saturated heterocycles. The van der Waals surface area contributed by atoms with Gasteiger partial charge < -0.3 is 10.6 Å². The molecule has 2 nitrogen and oxygen atoms in total. The second-order valence-corrected chi connectivity index (χ2v) is 7.73. The summed E-state index contributed by atoms with van der Waals surface area (Å²) in [6.07, 6.45) is 2.46. The highest BCUT2D eigenvalue weighted by Crippen LogP contribution is 2.30. The van der Waals surface area contributed by atoms with Crippen molar-refractivity contribution >= 4 is 43.2 Å². The summed E-state index contributed by atoms with van der Waals surface area (Å²) in [6.45, 7) is 2.36. The van der Waals surface area contributed by atoms with E-state index in [9.17, 15) is 0 Å². The first-order valence-electron chi connectivity index (χ1n) is 7.75. The van der Waals surface area contributed by atoms with Crippen LogP contribution in [0.2, 0.25) is 0 Å². The van der Waals surface area contributed by atoms with E-state index in [0.717, 1.165) is 4.47 Å². The Balaban J connectivity index is 1.66. The van der Waals surface area contributed by atoms with E-state index in [-0.39, 0.29) is 0 Å². The van der Waals surface area contributed by atoms with Crippen molar-refractivity contribution in [2.45, 2.75) is 31.8 Å². The van der Waals surface area contributed by atoms with Gasteiger partial charge in [0.2, 0.25) is 0 Å². The average molecular weight is 425 g/mol. The molecule has 1 aliphatic carbocycles. The highest BCUT2D eigenvalue weighted by atomic mass is 79.9. The smallest absolute Gasteiger partial charge is 0.144 e. The van der Waals surface area contributed by atoms with Gasteiger partial charge in [-0.15, -0.1) is 0 Å². The molecule has 0 bridgehead atoms. The Morgan fingerprint density at radius 3 is 2.36 bits per heavy atom. The summed E-state index contributed by atoms with van der Waals surface area (Å²) in [5, 5.41) is 6.14. The maximum absolute atomic E-state index is 3.71. The third-order valence-electron chi connectivity index (χ3n) is 4.63. The van der Waals surface area contributed by atoms with E-state index < -0.39 is 0 Å². The summed E-state index contributed by atoms with van der Waals surface area (Å²) < 4.78 is 2.32.